The van der Waals surface area contributed by atoms with Crippen molar-refractivity contribution in [2.45, 2.75) is 19.4 Å². The fourth-order valence-corrected chi connectivity index (χ4v) is 1.80. The summed E-state index contributed by atoms with van der Waals surface area (Å²) in [7, 11) is 1.57. The standard InChI is InChI=1S/C16H19N3O4/c1-23-14-6-3-2-5-12(14)10-18-11-13(9-17)16(22)19-8-4-7-15(20)21/h2-3,5-6,11,18H,4,7-8,10H2,1H3,(H,19,22)(H,20,21)/b13-11-. The first kappa shape index (κ1) is 18.0. The van der Waals surface area contributed by atoms with E-state index in [0.717, 1.165) is 5.56 Å². The average molecular weight is 317 g/mol. The highest BCUT2D eigenvalue weighted by Gasteiger charge is 2.08. The molecule has 0 atom stereocenters. The van der Waals surface area contributed by atoms with Crippen LogP contribution in [0.2, 0.25) is 0 Å². The lowest BCUT2D eigenvalue weighted by Gasteiger charge is -2.08. The Labute approximate surface area is 134 Å². The van der Waals surface area contributed by atoms with Crippen molar-refractivity contribution in [2.24, 2.45) is 0 Å². The SMILES string of the molecule is COc1ccccc1CN/C=C(/C#N)C(=O)NCCCC(=O)O. The monoisotopic (exact) mass is 317 g/mol. The largest absolute Gasteiger partial charge is 0.496 e. The molecule has 7 heteroatoms. The molecule has 0 aliphatic rings. The number of nitriles is 1. The highest BCUT2D eigenvalue weighted by molar-refractivity contribution is 5.97. The fraction of sp³-hybridized carbons (Fsp3) is 0.312. The normalized spacial score (nSPS) is 10.5. The first-order valence-corrected chi connectivity index (χ1v) is 7.04. The Morgan fingerprint density at radius 1 is 1.39 bits per heavy atom. The minimum absolute atomic E-state index is 0.0298. The van der Waals surface area contributed by atoms with Crippen molar-refractivity contribution in [1.29, 1.82) is 5.26 Å². The number of aliphatic carboxylic acids is 1. The predicted octanol–water partition coefficient (Wildman–Crippen LogP) is 1.17. The molecular formula is C16H19N3O4. The molecule has 0 aliphatic carbocycles. The number of rotatable bonds is 9. The maximum atomic E-state index is 11.8. The number of para-hydroxylation sites is 1. The molecule has 0 heterocycles. The quantitative estimate of drug-likeness (QED) is 0.358. The molecule has 7 nitrogen and oxygen atoms in total. The molecule has 0 saturated carbocycles. The van der Waals surface area contributed by atoms with E-state index in [1.807, 2.05) is 24.3 Å². The molecule has 122 valence electrons. The van der Waals surface area contributed by atoms with Crippen molar-refractivity contribution in [1.82, 2.24) is 10.6 Å². The Kier molecular flexibility index (Phi) is 7.72. The molecule has 1 aromatic rings. The second kappa shape index (κ2) is 9.84. The molecule has 3 N–H and O–H groups in total. The van der Waals surface area contributed by atoms with E-state index in [9.17, 15) is 9.59 Å². The van der Waals surface area contributed by atoms with Crippen molar-refractivity contribution in [3.8, 4) is 11.8 Å². The van der Waals surface area contributed by atoms with E-state index in [1.165, 1.54) is 6.20 Å². The number of carboxylic acid groups (broad SMARTS) is 1. The zero-order valence-corrected chi connectivity index (χ0v) is 12.8. The number of ether oxygens (including phenoxy) is 1. The molecule has 1 amide bonds. The Hall–Kier alpha value is -3.01. The van der Waals surface area contributed by atoms with Gasteiger partial charge in [0.25, 0.3) is 5.91 Å². The van der Waals surface area contributed by atoms with E-state index >= 15 is 0 Å². The van der Waals surface area contributed by atoms with Gasteiger partial charge in [0.2, 0.25) is 0 Å². The molecule has 0 spiro atoms. The van der Waals surface area contributed by atoms with Gasteiger partial charge >= 0.3 is 5.97 Å². The van der Waals surface area contributed by atoms with Crippen molar-refractivity contribution in [3.05, 3.63) is 41.6 Å². The van der Waals surface area contributed by atoms with E-state index in [1.54, 1.807) is 13.2 Å². The van der Waals surface area contributed by atoms with Crippen LogP contribution in [0.25, 0.3) is 0 Å². The van der Waals surface area contributed by atoms with Crippen LogP contribution < -0.4 is 15.4 Å². The smallest absolute Gasteiger partial charge is 0.303 e. The molecule has 1 rings (SSSR count). The Bertz CT molecular complexity index is 620. The van der Waals surface area contributed by atoms with Crippen LogP contribution in [-0.2, 0) is 16.1 Å². The Morgan fingerprint density at radius 2 is 2.13 bits per heavy atom. The maximum Gasteiger partial charge on any atom is 0.303 e. The van der Waals surface area contributed by atoms with Crippen LogP contribution in [0.1, 0.15) is 18.4 Å². The number of amides is 1. The molecule has 0 aromatic heterocycles. The summed E-state index contributed by atoms with van der Waals surface area (Å²) < 4.78 is 5.21. The van der Waals surface area contributed by atoms with Crippen molar-refractivity contribution < 1.29 is 19.4 Å². The molecule has 0 fully saturated rings. The van der Waals surface area contributed by atoms with Crippen molar-refractivity contribution >= 4 is 11.9 Å². The number of benzene rings is 1. The average Bonchev–Trinajstić information content (AvgIpc) is 2.55. The first-order chi connectivity index (χ1) is 11.1. The minimum Gasteiger partial charge on any atom is -0.496 e. The van der Waals surface area contributed by atoms with E-state index < -0.39 is 11.9 Å². The van der Waals surface area contributed by atoms with Gasteiger partial charge in [0.1, 0.15) is 17.4 Å². The number of nitrogens with zero attached hydrogens (tertiary/aromatic N) is 1. The van der Waals surface area contributed by atoms with Gasteiger partial charge in [-0.3, -0.25) is 9.59 Å². The molecule has 0 saturated heterocycles. The second-order valence-corrected chi connectivity index (χ2v) is 4.62. The first-order valence-electron chi connectivity index (χ1n) is 7.04. The molecule has 1 aromatic carbocycles. The number of carboxylic acids is 1. The Morgan fingerprint density at radius 3 is 2.78 bits per heavy atom. The van der Waals surface area contributed by atoms with Gasteiger partial charge in [-0.2, -0.15) is 5.26 Å². The third-order valence-electron chi connectivity index (χ3n) is 2.95. The van der Waals surface area contributed by atoms with Crippen LogP contribution in [0.3, 0.4) is 0 Å². The van der Waals surface area contributed by atoms with E-state index in [2.05, 4.69) is 10.6 Å². The van der Waals surface area contributed by atoms with Crippen LogP contribution >= 0.6 is 0 Å². The number of carbonyl (C=O) groups excluding carboxylic acids is 1. The number of carbonyl (C=O) groups is 2. The third-order valence-corrected chi connectivity index (χ3v) is 2.95. The molecule has 0 bridgehead atoms. The summed E-state index contributed by atoms with van der Waals surface area (Å²) in [6.07, 6.45) is 1.62. The lowest BCUT2D eigenvalue weighted by Crippen LogP contribution is -2.27. The summed E-state index contributed by atoms with van der Waals surface area (Å²) in [6.45, 7) is 0.609. The van der Waals surface area contributed by atoms with Gasteiger partial charge in [0.15, 0.2) is 0 Å². The van der Waals surface area contributed by atoms with Gasteiger partial charge in [-0.05, 0) is 12.5 Å². The van der Waals surface area contributed by atoms with Crippen LogP contribution in [0.15, 0.2) is 36.0 Å². The van der Waals surface area contributed by atoms with Gasteiger partial charge in [0.05, 0.1) is 7.11 Å². The molecule has 0 unspecified atom stereocenters. The van der Waals surface area contributed by atoms with Crippen LogP contribution in [-0.4, -0.2) is 30.6 Å². The van der Waals surface area contributed by atoms with Crippen molar-refractivity contribution in [3.63, 3.8) is 0 Å². The minimum atomic E-state index is -0.922. The molecular weight excluding hydrogens is 298 g/mol. The maximum absolute atomic E-state index is 11.8. The third kappa shape index (κ3) is 6.52. The van der Waals surface area contributed by atoms with Gasteiger partial charge in [-0.1, -0.05) is 18.2 Å². The number of nitrogens with one attached hydrogen (secondary N) is 2. The molecule has 23 heavy (non-hydrogen) atoms. The topological polar surface area (TPSA) is 111 Å². The lowest BCUT2D eigenvalue weighted by molar-refractivity contribution is -0.137. The van der Waals surface area contributed by atoms with Gasteiger partial charge in [-0.15, -0.1) is 0 Å². The summed E-state index contributed by atoms with van der Waals surface area (Å²) in [5.41, 5.74) is 0.820. The summed E-state index contributed by atoms with van der Waals surface area (Å²) in [5.74, 6) is -0.746. The Balaban J connectivity index is 2.50. The zero-order chi connectivity index (χ0) is 17.1. The van der Waals surface area contributed by atoms with Crippen LogP contribution in [0, 0.1) is 11.3 Å². The zero-order valence-electron chi connectivity index (χ0n) is 12.8. The van der Waals surface area contributed by atoms with Gasteiger partial charge in [-0.25, -0.2) is 0 Å². The van der Waals surface area contributed by atoms with Gasteiger partial charge in [0, 0.05) is 31.3 Å². The summed E-state index contributed by atoms with van der Waals surface area (Å²) in [4.78, 5) is 22.1. The van der Waals surface area contributed by atoms with Crippen LogP contribution in [0.4, 0.5) is 0 Å². The lowest BCUT2D eigenvalue weighted by atomic mass is 10.2. The van der Waals surface area contributed by atoms with Gasteiger partial charge < -0.3 is 20.5 Å². The summed E-state index contributed by atoms with van der Waals surface area (Å²) in [5, 5.41) is 22.9. The van der Waals surface area contributed by atoms with E-state index in [4.69, 9.17) is 15.1 Å². The summed E-state index contributed by atoms with van der Waals surface area (Å²) in [6, 6.07) is 9.21. The number of hydrogen-bond donors (Lipinski definition) is 3. The summed E-state index contributed by atoms with van der Waals surface area (Å²) >= 11 is 0. The predicted molar refractivity (Wildman–Crippen MR) is 83.4 cm³/mol. The van der Waals surface area contributed by atoms with E-state index in [-0.39, 0.29) is 18.5 Å². The highest BCUT2D eigenvalue weighted by Crippen LogP contribution is 2.16. The highest BCUT2D eigenvalue weighted by atomic mass is 16.5. The van der Waals surface area contributed by atoms with E-state index in [0.29, 0.717) is 18.7 Å². The molecule has 0 aliphatic heterocycles. The molecule has 0 radical (unpaired) electrons. The number of methoxy groups -OCH3 is 1. The van der Waals surface area contributed by atoms with Crippen LogP contribution in [0.5, 0.6) is 5.75 Å². The second-order valence-electron chi connectivity index (χ2n) is 4.62. The fourth-order valence-electron chi connectivity index (χ4n) is 1.80. The van der Waals surface area contributed by atoms with Crippen molar-refractivity contribution in [2.75, 3.05) is 13.7 Å². The number of hydrogen-bond acceptors (Lipinski definition) is 5.